The van der Waals surface area contributed by atoms with Gasteiger partial charge in [-0.3, -0.25) is 0 Å². The molecule has 0 radical (unpaired) electrons. The molecular formula is C20H25N3. The summed E-state index contributed by atoms with van der Waals surface area (Å²) in [7, 11) is 0. The molecular weight excluding hydrogens is 282 g/mol. The van der Waals surface area contributed by atoms with Crippen molar-refractivity contribution >= 4 is 16.7 Å². The summed E-state index contributed by atoms with van der Waals surface area (Å²) in [5.74, 6) is 7.51. The van der Waals surface area contributed by atoms with Gasteiger partial charge in [0.15, 0.2) is 0 Å². The maximum Gasteiger partial charge on any atom is 0.139 e. The largest absolute Gasteiger partial charge is 0.381 e. The second-order valence-corrected chi connectivity index (χ2v) is 7.02. The second-order valence-electron chi connectivity index (χ2n) is 7.02. The van der Waals surface area contributed by atoms with E-state index >= 15 is 0 Å². The summed E-state index contributed by atoms with van der Waals surface area (Å²) in [5.41, 5.74) is 3.21. The van der Waals surface area contributed by atoms with Crippen molar-refractivity contribution in [2.24, 2.45) is 5.92 Å². The van der Waals surface area contributed by atoms with E-state index in [0.717, 1.165) is 11.2 Å². The monoisotopic (exact) mass is 307 g/mol. The lowest BCUT2D eigenvalue weighted by atomic mass is 9.95. The Kier molecular flexibility index (Phi) is 4.24. The van der Waals surface area contributed by atoms with Gasteiger partial charge < -0.3 is 10.3 Å². The molecule has 0 bridgehead atoms. The van der Waals surface area contributed by atoms with E-state index in [2.05, 4.69) is 33.2 Å². The van der Waals surface area contributed by atoms with Gasteiger partial charge in [0.25, 0.3) is 0 Å². The van der Waals surface area contributed by atoms with Crippen LogP contribution < -0.4 is 5.32 Å². The van der Waals surface area contributed by atoms with Crippen LogP contribution in [0.25, 0.3) is 11.0 Å². The van der Waals surface area contributed by atoms with Crippen LogP contribution in [0.5, 0.6) is 0 Å². The summed E-state index contributed by atoms with van der Waals surface area (Å²) >= 11 is 0. The first-order chi connectivity index (χ1) is 11.4. The summed E-state index contributed by atoms with van der Waals surface area (Å²) < 4.78 is 0. The molecule has 2 aromatic heterocycles. The topological polar surface area (TPSA) is 40.7 Å². The average Bonchev–Trinajstić information content (AvgIpc) is 3.26. The minimum atomic E-state index is 0.580. The Morgan fingerprint density at radius 2 is 1.83 bits per heavy atom. The second kappa shape index (κ2) is 6.66. The summed E-state index contributed by atoms with van der Waals surface area (Å²) in [6.07, 6.45) is 15.7. The van der Waals surface area contributed by atoms with Crippen LogP contribution in [0.3, 0.4) is 0 Å². The number of nitrogens with one attached hydrogen (secondary N) is 2. The van der Waals surface area contributed by atoms with Gasteiger partial charge in [-0.2, -0.15) is 0 Å². The quantitative estimate of drug-likeness (QED) is 0.779. The normalized spacial score (nSPS) is 19.7. The fourth-order valence-corrected chi connectivity index (χ4v) is 3.96. The zero-order valence-corrected chi connectivity index (χ0v) is 13.7. The smallest absolute Gasteiger partial charge is 0.139 e. The van der Waals surface area contributed by atoms with Gasteiger partial charge in [0, 0.05) is 29.7 Å². The van der Waals surface area contributed by atoms with Crippen molar-refractivity contribution in [1.29, 1.82) is 0 Å². The van der Waals surface area contributed by atoms with Crippen molar-refractivity contribution < 1.29 is 0 Å². The maximum absolute atomic E-state index is 4.54. The Bertz CT molecular complexity index is 722. The van der Waals surface area contributed by atoms with Crippen molar-refractivity contribution in [1.82, 2.24) is 9.97 Å². The molecule has 0 amide bonds. The molecule has 0 aromatic carbocycles. The van der Waals surface area contributed by atoms with E-state index in [1.807, 2.05) is 12.4 Å². The number of nitrogens with zero attached hydrogens (tertiary/aromatic N) is 1. The third-order valence-corrected chi connectivity index (χ3v) is 5.31. The molecule has 120 valence electrons. The molecule has 2 N–H and O–H groups in total. The summed E-state index contributed by atoms with van der Waals surface area (Å²) in [4.78, 5) is 7.76. The number of hydrogen-bond acceptors (Lipinski definition) is 2. The first-order valence-corrected chi connectivity index (χ1v) is 9.14. The van der Waals surface area contributed by atoms with Gasteiger partial charge in [-0.1, -0.05) is 43.9 Å². The summed E-state index contributed by atoms with van der Waals surface area (Å²) in [6.45, 7) is 0. The van der Waals surface area contributed by atoms with E-state index in [1.165, 1.54) is 68.9 Å². The van der Waals surface area contributed by atoms with Crippen LogP contribution in [0.4, 0.5) is 5.69 Å². The van der Waals surface area contributed by atoms with E-state index in [-0.39, 0.29) is 0 Å². The highest BCUT2D eigenvalue weighted by molar-refractivity contribution is 5.92. The Labute approximate surface area is 138 Å². The third-order valence-electron chi connectivity index (χ3n) is 5.31. The van der Waals surface area contributed by atoms with Crippen LogP contribution in [-0.4, -0.2) is 16.0 Å². The van der Waals surface area contributed by atoms with Gasteiger partial charge in [0.1, 0.15) is 5.65 Å². The molecule has 4 rings (SSSR count). The molecule has 2 heterocycles. The predicted molar refractivity (Wildman–Crippen MR) is 95.4 cm³/mol. The average molecular weight is 307 g/mol. The van der Waals surface area contributed by atoms with Crippen molar-refractivity contribution in [3.8, 4) is 11.8 Å². The maximum atomic E-state index is 4.54. The number of fused-ring (bicyclic) bond motifs is 1. The molecule has 23 heavy (non-hydrogen) atoms. The number of aromatic nitrogens is 2. The minimum absolute atomic E-state index is 0.580. The lowest BCUT2D eigenvalue weighted by molar-refractivity contribution is 0.463. The SMILES string of the molecule is C(#CC1CCCC1)c1cnc2[nH]ccc2c1NC1CCCCC1. The molecule has 2 aliphatic carbocycles. The van der Waals surface area contributed by atoms with Crippen LogP contribution in [0.2, 0.25) is 0 Å². The molecule has 0 unspecified atom stereocenters. The minimum Gasteiger partial charge on any atom is -0.381 e. The molecule has 2 saturated carbocycles. The highest BCUT2D eigenvalue weighted by atomic mass is 14.9. The molecule has 0 atom stereocenters. The van der Waals surface area contributed by atoms with Crippen molar-refractivity contribution in [3.05, 3.63) is 24.0 Å². The number of rotatable bonds is 2. The van der Waals surface area contributed by atoms with E-state index in [9.17, 15) is 0 Å². The van der Waals surface area contributed by atoms with Crippen molar-refractivity contribution in [2.45, 2.75) is 63.8 Å². The van der Waals surface area contributed by atoms with Crippen LogP contribution in [0, 0.1) is 17.8 Å². The molecule has 3 nitrogen and oxygen atoms in total. The van der Waals surface area contributed by atoms with Gasteiger partial charge in [0.2, 0.25) is 0 Å². The number of pyridine rings is 1. The number of H-pyrrole nitrogens is 1. The van der Waals surface area contributed by atoms with Crippen LogP contribution in [-0.2, 0) is 0 Å². The Morgan fingerprint density at radius 3 is 2.65 bits per heavy atom. The molecule has 3 heteroatoms. The van der Waals surface area contributed by atoms with Crippen LogP contribution in [0.1, 0.15) is 63.4 Å². The third kappa shape index (κ3) is 3.22. The van der Waals surface area contributed by atoms with Gasteiger partial charge >= 0.3 is 0 Å². The molecule has 0 aliphatic heterocycles. The van der Waals surface area contributed by atoms with Crippen molar-refractivity contribution in [3.63, 3.8) is 0 Å². The van der Waals surface area contributed by atoms with Gasteiger partial charge in [-0.05, 0) is 31.7 Å². The standard InChI is InChI=1S/C20H25N3/c1-2-8-17(9-3-1)23-19-16(11-10-15-6-4-5-7-15)14-22-20-18(19)12-13-21-20/h12-15,17H,1-9H2,(H2,21,22,23). The van der Waals surface area contributed by atoms with E-state index < -0.39 is 0 Å². The van der Waals surface area contributed by atoms with E-state index in [4.69, 9.17) is 0 Å². The Hall–Kier alpha value is -1.95. The number of aromatic amines is 1. The Morgan fingerprint density at radius 1 is 1.04 bits per heavy atom. The molecule has 2 aliphatic rings. The van der Waals surface area contributed by atoms with Crippen LogP contribution in [0.15, 0.2) is 18.5 Å². The molecule has 0 saturated heterocycles. The fourth-order valence-electron chi connectivity index (χ4n) is 3.96. The Balaban J connectivity index is 1.66. The molecule has 0 spiro atoms. The number of anilines is 1. The van der Waals surface area contributed by atoms with Gasteiger partial charge in [-0.25, -0.2) is 4.98 Å². The fraction of sp³-hybridized carbons (Fsp3) is 0.550. The number of hydrogen-bond donors (Lipinski definition) is 2. The predicted octanol–water partition coefficient (Wildman–Crippen LogP) is 4.85. The molecule has 2 fully saturated rings. The lowest BCUT2D eigenvalue weighted by Crippen LogP contribution is -2.22. The van der Waals surface area contributed by atoms with E-state index in [0.29, 0.717) is 12.0 Å². The zero-order chi connectivity index (χ0) is 15.5. The van der Waals surface area contributed by atoms with Crippen molar-refractivity contribution in [2.75, 3.05) is 5.32 Å². The summed E-state index contributed by atoms with van der Waals surface area (Å²) in [5, 5.41) is 4.97. The zero-order valence-electron chi connectivity index (χ0n) is 13.7. The highest BCUT2D eigenvalue weighted by Gasteiger charge is 2.17. The molecule has 2 aromatic rings. The first kappa shape index (κ1) is 14.6. The van der Waals surface area contributed by atoms with Gasteiger partial charge in [0.05, 0.1) is 11.3 Å². The van der Waals surface area contributed by atoms with E-state index in [1.54, 1.807) is 0 Å². The lowest BCUT2D eigenvalue weighted by Gasteiger charge is -2.24. The summed E-state index contributed by atoms with van der Waals surface area (Å²) in [6, 6.07) is 2.70. The van der Waals surface area contributed by atoms with Gasteiger partial charge in [-0.15, -0.1) is 0 Å². The highest BCUT2D eigenvalue weighted by Crippen LogP contribution is 2.29. The first-order valence-electron chi connectivity index (χ1n) is 9.14. The van der Waals surface area contributed by atoms with Crippen LogP contribution >= 0.6 is 0 Å².